The number of quaternary nitrogens is 1. The third-order valence-electron chi connectivity index (χ3n) is 5.85. The molecule has 0 bridgehead atoms. The van der Waals surface area contributed by atoms with E-state index in [2.05, 4.69) is 26.2 Å². The highest BCUT2D eigenvalue weighted by Gasteiger charge is 2.29. The highest BCUT2D eigenvalue weighted by atomic mass is 79.9. The molecule has 1 aliphatic rings. The number of amides is 1. The summed E-state index contributed by atoms with van der Waals surface area (Å²) in [6.07, 6.45) is 4.58. The van der Waals surface area contributed by atoms with Gasteiger partial charge < -0.3 is 19.7 Å². The summed E-state index contributed by atoms with van der Waals surface area (Å²) in [7, 11) is 0. The Hall–Kier alpha value is -2.08. The van der Waals surface area contributed by atoms with Crippen LogP contribution in [0.5, 0.6) is 0 Å². The maximum Gasteiger partial charge on any atom is 0.376 e. The summed E-state index contributed by atoms with van der Waals surface area (Å²) in [4.78, 5) is 23.0. The molecule has 0 spiro atoms. The smallest absolute Gasteiger partial charge is 0.376 e. The summed E-state index contributed by atoms with van der Waals surface area (Å²) in [6.45, 7) is 4.19. The molecule has 2 aromatic carbocycles. The highest BCUT2D eigenvalue weighted by molar-refractivity contribution is 9.10. The molecule has 1 atom stereocenters. The molecule has 1 aliphatic heterocycles. The van der Waals surface area contributed by atoms with Gasteiger partial charge in [-0.05, 0) is 57.4 Å². The predicted molar refractivity (Wildman–Crippen MR) is 134 cm³/mol. The van der Waals surface area contributed by atoms with Crippen LogP contribution in [0.15, 0.2) is 35.1 Å². The van der Waals surface area contributed by atoms with Crippen LogP contribution in [0, 0.1) is 5.82 Å². The number of halogens is 3. The molecular formula is C24H28BrClFN4O4+. The number of rotatable bonds is 8. The standard InChI is InChI=1S/C24H27BrClFN4O4/c1-24(2,12-32)35-30-23(33)16-10-19-22(28-13-31(19)11-15-5-3-4-8-34-15)20(27)21(16)29-18-7-6-14(25)9-17(18)26/h6-7,9-10,13,15,29,32H,3-5,8,11-12H2,1-2H3,(H,30,33)/p+1. The van der Waals surface area contributed by atoms with Gasteiger partial charge in [0, 0.05) is 11.1 Å². The zero-order valence-electron chi connectivity index (χ0n) is 19.5. The summed E-state index contributed by atoms with van der Waals surface area (Å²) < 4.78 is 24.2. The maximum atomic E-state index is 15.9. The lowest BCUT2D eigenvalue weighted by molar-refractivity contribution is -0.841. The summed E-state index contributed by atoms with van der Waals surface area (Å²) in [6, 6.07) is 6.69. The van der Waals surface area contributed by atoms with Crippen LogP contribution in [0.3, 0.4) is 0 Å². The lowest BCUT2D eigenvalue weighted by Gasteiger charge is -2.23. The summed E-state index contributed by atoms with van der Waals surface area (Å²) in [5.74, 6) is -1.24. The average molecular weight is 571 g/mol. The topological polar surface area (TPSA) is 102 Å². The molecule has 188 valence electrons. The molecule has 1 aromatic heterocycles. The number of anilines is 2. The molecule has 0 aliphatic carbocycles. The van der Waals surface area contributed by atoms with E-state index < -0.39 is 17.3 Å². The summed E-state index contributed by atoms with van der Waals surface area (Å²) >= 11 is 9.69. The fourth-order valence-electron chi connectivity index (χ4n) is 3.83. The maximum absolute atomic E-state index is 15.9. The molecule has 4 N–H and O–H groups in total. The largest absolute Gasteiger partial charge is 0.393 e. The number of aliphatic hydroxyl groups is 1. The van der Waals surface area contributed by atoms with Crippen LogP contribution in [0.2, 0.25) is 5.02 Å². The second-order valence-corrected chi connectivity index (χ2v) is 10.5. The second-order valence-electron chi connectivity index (χ2n) is 9.13. The van der Waals surface area contributed by atoms with Gasteiger partial charge in [0.1, 0.15) is 16.7 Å². The molecule has 8 nitrogen and oxygen atoms in total. The van der Waals surface area contributed by atoms with Crippen molar-refractivity contribution in [2.24, 2.45) is 0 Å². The van der Waals surface area contributed by atoms with Crippen LogP contribution in [-0.4, -0.2) is 45.5 Å². The predicted octanol–water partition coefficient (Wildman–Crippen LogP) is 4.31. The number of carbonyl (C=O) groups is 1. The van der Waals surface area contributed by atoms with Crippen molar-refractivity contribution in [1.82, 2.24) is 9.55 Å². The van der Waals surface area contributed by atoms with Gasteiger partial charge in [-0.2, -0.15) is 4.84 Å². The van der Waals surface area contributed by atoms with E-state index in [1.165, 1.54) is 0 Å². The Kier molecular flexibility index (Phi) is 8.09. The molecule has 3 aromatic rings. The number of benzene rings is 2. The molecule has 0 radical (unpaired) electrons. The van der Waals surface area contributed by atoms with Crippen molar-refractivity contribution >= 4 is 55.8 Å². The van der Waals surface area contributed by atoms with Gasteiger partial charge in [-0.1, -0.05) is 27.5 Å². The Morgan fingerprint density at radius 1 is 1.43 bits per heavy atom. The van der Waals surface area contributed by atoms with Gasteiger partial charge in [0.25, 0.3) is 0 Å². The van der Waals surface area contributed by atoms with E-state index in [4.69, 9.17) is 21.2 Å². The van der Waals surface area contributed by atoms with Gasteiger partial charge in [-0.25, -0.2) is 14.2 Å². The number of nitrogens with two attached hydrogens (primary N) is 1. The van der Waals surface area contributed by atoms with Gasteiger partial charge in [-0.15, -0.1) is 5.48 Å². The van der Waals surface area contributed by atoms with E-state index in [1.54, 1.807) is 49.0 Å². The molecule has 1 fully saturated rings. The lowest BCUT2D eigenvalue weighted by atomic mass is 10.1. The Morgan fingerprint density at radius 2 is 2.23 bits per heavy atom. The molecule has 1 amide bonds. The number of hydrogen-bond donors (Lipinski definition) is 3. The number of primary amides is 1. The van der Waals surface area contributed by atoms with Crippen LogP contribution in [0.25, 0.3) is 11.0 Å². The van der Waals surface area contributed by atoms with Gasteiger partial charge in [0.15, 0.2) is 5.82 Å². The number of aliphatic hydroxyl groups excluding tert-OH is 1. The number of hydroxylamine groups is 1. The minimum atomic E-state index is -0.971. The molecular weight excluding hydrogens is 543 g/mol. The van der Waals surface area contributed by atoms with E-state index in [9.17, 15) is 9.90 Å². The number of ether oxygens (including phenoxy) is 1. The molecule has 0 saturated carbocycles. The molecule has 1 saturated heterocycles. The fraction of sp³-hybridized carbons (Fsp3) is 0.417. The Balaban J connectivity index is 1.75. The number of fused-ring (bicyclic) bond motifs is 1. The van der Waals surface area contributed by atoms with Crippen LogP contribution < -0.4 is 10.8 Å². The van der Waals surface area contributed by atoms with Gasteiger partial charge in [0.2, 0.25) is 0 Å². The van der Waals surface area contributed by atoms with E-state index in [-0.39, 0.29) is 29.5 Å². The number of imidazole rings is 1. The zero-order valence-corrected chi connectivity index (χ0v) is 21.8. The van der Waals surface area contributed by atoms with Crippen LogP contribution >= 0.6 is 27.5 Å². The lowest BCUT2D eigenvalue weighted by Crippen LogP contribution is -2.89. The van der Waals surface area contributed by atoms with Crippen LogP contribution in [0.4, 0.5) is 15.8 Å². The van der Waals surface area contributed by atoms with Crippen molar-refractivity contribution in [3.05, 3.63) is 51.5 Å². The van der Waals surface area contributed by atoms with Gasteiger partial charge in [-0.3, -0.25) is 0 Å². The first-order chi connectivity index (χ1) is 16.7. The summed E-state index contributed by atoms with van der Waals surface area (Å²) in [5, 5.41) is 12.8. The Morgan fingerprint density at radius 3 is 2.91 bits per heavy atom. The van der Waals surface area contributed by atoms with Crippen molar-refractivity contribution in [1.29, 1.82) is 0 Å². The Labute approximate surface area is 215 Å². The van der Waals surface area contributed by atoms with E-state index in [0.29, 0.717) is 29.4 Å². The number of carbonyl (C=O) groups excluding carboxylic acids is 1. The molecule has 35 heavy (non-hydrogen) atoms. The SMILES string of the molecule is CC(C)(CO)O[NH2+]C(=O)c1cc2c(ncn2CC2CCCCO2)c(F)c1Nc1ccc(Br)cc1Cl. The highest BCUT2D eigenvalue weighted by Crippen LogP contribution is 2.34. The first-order valence-electron chi connectivity index (χ1n) is 11.4. The fourth-order valence-corrected chi connectivity index (χ4v) is 4.55. The van der Waals surface area contributed by atoms with E-state index in [0.717, 1.165) is 29.2 Å². The van der Waals surface area contributed by atoms with Crippen molar-refractivity contribution in [2.75, 3.05) is 18.5 Å². The zero-order chi connectivity index (χ0) is 25.2. The number of nitrogens with zero attached hydrogens (tertiary/aromatic N) is 2. The number of nitrogens with one attached hydrogen (secondary N) is 1. The van der Waals surface area contributed by atoms with Crippen LogP contribution in [-0.2, 0) is 16.1 Å². The monoisotopic (exact) mass is 569 g/mol. The average Bonchev–Trinajstić information content (AvgIpc) is 3.24. The first-order valence-corrected chi connectivity index (χ1v) is 12.5. The number of aromatic nitrogens is 2. The van der Waals surface area contributed by atoms with E-state index >= 15 is 4.39 Å². The minimum absolute atomic E-state index is 0.00276. The molecule has 4 rings (SSSR count). The molecule has 2 heterocycles. The van der Waals surface area contributed by atoms with Crippen molar-refractivity contribution in [3.8, 4) is 0 Å². The normalized spacial score (nSPS) is 16.6. The minimum Gasteiger partial charge on any atom is -0.393 e. The van der Waals surface area contributed by atoms with Crippen molar-refractivity contribution < 1.29 is 29.3 Å². The van der Waals surface area contributed by atoms with E-state index in [1.807, 2.05) is 0 Å². The number of hydrogen-bond acceptors (Lipinski definition) is 6. The first kappa shape index (κ1) is 26.0. The molecule has 1 unspecified atom stereocenters. The third kappa shape index (κ3) is 6.02. The van der Waals surface area contributed by atoms with Crippen LogP contribution in [0.1, 0.15) is 43.5 Å². The van der Waals surface area contributed by atoms with Crippen molar-refractivity contribution in [2.45, 2.75) is 51.4 Å². The molecule has 11 heteroatoms. The van der Waals surface area contributed by atoms with Crippen molar-refractivity contribution in [3.63, 3.8) is 0 Å². The third-order valence-corrected chi connectivity index (χ3v) is 6.66. The quantitative estimate of drug-likeness (QED) is 0.349. The van der Waals surface area contributed by atoms with Gasteiger partial charge in [0.05, 0.1) is 47.5 Å². The Bertz CT molecular complexity index is 1230. The second kappa shape index (κ2) is 10.9. The van der Waals surface area contributed by atoms with Gasteiger partial charge >= 0.3 is 5.91 Å². The summed E-state index contributed by atoms with van der Waals surface area (Å²) in [5.41, 5.74) is 1.04.